The van der Waals surface area contributed by atoms with Crippen LogP contribution < -0.4 is 10.6 Å². The maximum atomic E-state index is 14.6. The summed E-state index contributed by atoms with van der Waals surface area (Å²) in [6.45, 7) is 1.81. The Labute approximate surface area is 194 Å². The minimum Gasteiger partial charge on any atom is -0.365 e. The molecular formula is C24H25F2N7O. The summed E-state index contributed by atoms with van der Waals surface area (Å²) in [5.74, 6) is -0.748. The van der Waals surface area contributed by atoms with Crippen LogP contribution in [-0.4, -0.2) is 42.5 Å². The van der Waals surface area contributed by atoms with Crippen molar-refractivity contribution in [1.82, 2.24) is 29.8 Å². The topological polar surface area (TPSA) is 101 Å². The molecule has 8 nitrogen and oxygen atoms in total. The van der Waals surface area contributed by atoms with Gasteiger partial charge in [0.25, 0.3) is 5.91 Å². The van der Waals surface area contributed by atoms with Crippen LogP contribution in [0.25, 0.3) is 22.3 Å². The first-order chi connectivity index (χ1) is 16.4. The van der Waals surface area contributed by atoms with Gasteiger partial charge in [-0.15, -0.1) is 0 Å². The van der Waals surface area contributed by atoms with Crippen molar-refractivity contribution in [3.05, 3.63) is 59.9 Å². The highest BCUT2D eigenvalue weighted by molar-refractivity contribution is 5.94. The number of nitrogens with one attached hydrogen (secondary N) is 3. The largest absolute Gasteiger partial charge is 0.365 e. The Morgan fingerprint density at radius 2 is 2.00 bits per heavy atom. The van der Waals surface area contributed by atoms with E-state index >= 15 is 0 Å². The normalized spacial score (nSPS) is 18.2. The van der Waals surface area contributed by atoms with E-state index in [1.807, 2.05) is 20.0 Å². The van der Waals surface area contributed by atoms with Gasteiger partial charge in [0.2, 0.25) is 0 Å². The zero-order valence-electron chi connectivity index (χ0n) is 18.9. The van der Waals surface area contributed by atoms with Crippen molar-refractivity contribution in [3.8, 4) is 11.4 Å². The molecule has 1 aliphatic carbocycles. The first kappa shape index (κ1) is 22.0. The lowest BCUT2D eigenvalue weighted by atomic mass is 9.91. The van der Waals surface area contributed by atoms with Crippen LogP contribution in [0.5, 0.6) is 0 Å². The number of imidazole rings is 1. The zero-order valence-corrected chi connectivity index (χ0v) is 18.9. The number of aryl methyl sites for hydroxylation is 2. The minimum atomic E-state index is -0.564. The first-order valence-corrected chi connectivity index (χ1v) is 11.2. The second kappa shape index (κ2) is 8.85. The van der Waals surface area contributed by atoms with Gasteiger partial charge in [-0.3, -0.25) is 4.79 Å². The molecule has 0 bridgehead atoms. The van der Waals surface area contributed by atoms with Crippen LogP contribution in [0.1, 0.15) is 41.7 Å². The molecule has 2 atom stereocenters. The van der Waals surface area contributed by atoms with Gasteiger partial charge in [-0.25, -0.2) is 23.7 Å². The van der Waals surface area contributed by atoms with Crippen molar-refractivity contribution in [1.29, 1.82) is 0 Å². The molecule has 0 radical (unpaired) electrons. The molecule has 1 aliphatic rings. The highest BCUT2D eigenvalue weighted by atomic mass is 19.1. The van der Waals surface area contributed by atoms with E-state index in [0.717, 1.165) is 31.0 Å². The van der Waals surface area contributed by atoms with E-state index < -0.39 is 5.82 Å². The van der Waals surface area contributed by atoms with E-state index in [9.17, 15) is 13.6 Å². The summed E-state index contributed by atoms with van der Waals surface area (Å²) in [4.78, 5) is 28.0. The maximum absolute atomic E-state index is 14.6. The van der Waals surface area contributed by atoms with Crippen molar-refractivity contribution in [3.63, 3.8) is 0 Å². The van der Waals surface area contributed by atoms with Gasteiger partial charge in [0, 0.05) is 42.5 Å². The van der Waals surface area contributed by atoms with Crippen LogP contribution >= 0.6 is 0 Å². The molecule has 1 fully saturated rings. The molecular weight excluding hydrogens is 440 g/mol. The number of amides is 1. The number of anilines is 1. The number of carbonyl (C=O) groups is 1. The lowest BCUT2D eigenvalue weighted by molar-refractivity contribution is 0.0921. The third kappa shape index (κ3) is 4.35. The zero-order chi connectivity index (χ0) is 23.8. The Balaban J connectivity index is 1.33. The van der Waals surface area contributed by atoms with E-state index in [-0.39, 0.29) is 29.6 Å². The molecule has 3 aromatic heterocycles. The summed E-state index contributed by atoms with van der Waals surface area (Å²) >= 11 is 0. The molecule has 10 heteroatoms. The molecule has 0 unspecified atom stereocenters. The van der Waals surface area contributed by atoms with Gasteiger partial charge in [0.1, 0.15) is 11.5 Å². The molecule has 0 saturated heterocycles. The van der Waals surface area contributed by atoms with Crippen molar-refractivity contribution >= 4 is 22.6 Å². The number of aromatic nitrogens is 5. The number of H-pyrrole nitrogens is 1. The summed E-state index contributed by atoms with van der Waals surface area (Å²) < 4.78 is 30.6. The second-order valence-corrected chi connectivity index (χ2v) is 8.86. The van der Waals surface area contributed by atoms with Gasteiger partial charge < -0.3 is 20.2 Å². The van der Waals surface area contributed by atoms with Gasteiger partial charge in [-0.1, -0.05) is 0 Å². The lowest BCUT2D eigenvalue weighted by Crippen LogP contribution is -2.42. The highest BCUT2D eigenvalue weighted by Crippen LogP contribution is 2.30. The van der Waals surface area contributed by atoms with Gasteiger partial charge in [0.15, 0.2) is 17.5 Å². The molecule has 5 rings (SSSR count). The van der Waals surface area contributed by atoms with Crippen molar-refractivity contribution in [2.75, 3.05) is 5.32 Å². The quantitative estimate of drug-likeness (QED) is 0.412. The van der Waals surface area contributed by atoms with Crippen LogP contribution in [0.15, 0.2) is 37.1 Å². The standard InChI is InChI=1S/C24H25F2N7O/c1-13-6-16-17(9-27-21(16)18(25)7-13)22-28-10-19(26)23(32-22)30-14-4-3-5-15(8-14)31-24(34)20-11-33(2)12-29-20/h6-7,9-12,14-15,27H,3-5,8H2,1-2H3,(H,31,34)(H,28,30,32)/t14-,15-/m1/s1. The Kier molecular flexibility index (Phi) is 5.72. The number of hydrogen-bond donors (Lipinski definition) is 3. The third-order valence-corrected chi connectivity index (χ3v) is 6.16. The SMILES string of the molecule is Cc1cc(F)c2[nH]cc(-c3ncc(F)c(N[C@@H]4CCC[C@@H](NC(=O)c5cn(C)cn5)C4)n3)c2c1. The minimum absolute atomic E-state index is 0.0512. The lowest BCUT2D eigenvalue weighted by Gasteiger charge is -2.30. The maximum Gasteiger partial charge on any atom is 0.271 e. The third-order valence-electron chi connectivity index (χ3n) is 6.16. The predicted molar refractivity (Wildman–Crippen MR) is 124 cm³/mol. The summed E-state index contributed by atoms with van der Waals surface area (Å²) in [6, 6.07) is 3.18. The number of nitrogens with zero attached hydrogens (tertiary/aromatic N) is 4. The number of rotatable bonds is 5. The number of benzene rings is 1. The van der Waals surface area contributed by atoms with Crippen LogP contribution in [-0.2, 0) is 7.05 Å². The average molecular weight is 466 g/mol. The van der Waals surface area contributed by atoms with Crippen LogP contribution in [0.3, 0.4) is 0 Å². The van der Waals surface area contributed by atoms with Crippen molar-refractivity contribution in [2.24, 2.45) is 7.05 Å². The fraction of sp³-hybridized carbons (Fsp3) is 0.333. The number of aromatic amines is 1. The predicted octanol–water partition coefficient (Wildman–Crippen LogP) is 4.10. The van der Waals surface area contributed by atoms with Crippen molar-refractivity contribution < 1.29 is 13.6 Å². The van der Waals surface area contributed by atoms with Gasteiger partial charge in [-0.05, 0) is 50.3 Å². The van der Waals surface area contributed by atoms with Gasteiger partial charge in [0.05, 0.1) is 18.0 Å². The van der Waals surface area contributed by atoms with Gasteiger partial charge in [-0.2, -0.15) is 0 Å². The molecule has 0 spiro atoms. The second-order valence-electron chi connectivity index (χ2n) is 8.86. The Morgan fingerprint density at radius 1 is 1.18 bits per heavy atom. The highest BCUT2D eigenvalue weighted by Gasteiger charge is 2.25. The Hall–Kier alpha value is -3.82. The molecule has 4 aromatic rings. The molecule has 3 heterocycles. The van der Waals surface area contributed by atoms with Gasteiger partial charge >= 0.3 is 0 Å². The molecule has 3 N–H and O–H groups in total. The van der Waals surface area contributed by atoms with E-state index in [1.54, 1.807) is 23.3 Å². The first-order valence-electron chi connectivity index (χ1n) is 11.2. The monoisotopic (exact) mass is 465 g/mol. The Bertz CT molecular complexity index is 1360. The molecule has 1 saturated carbocycles. The molecule has 0 aliphatic heterocycles. The van der Waals surface area contributed by atoms with Crippen LogP contribution in [0.2, 0.25) is 0 Å². The molecule has 176 valence electrons. The summed E-state index contributed by atoms with van der Waals surface area (Å²) in [6.07, 6.45) is 9.19. The molecule has 1 amide bonds. The van der Waals surface area contributed by atoms with E-state index in [2.05, 4.69) is 30.6 Å². The average Bonchev–Trinajstić information content (AvgIpc) is 3.42. The molecule has 1 aromatic carbocycles. The summed E-state index contributed by atoms with van der Waals surface area (Å²) in [5, 5.41) is 6.85. The summed E-state index contributed by atoms with van der Waals surface area (Å²) in [5.41, 5.74) is 2.10. The van der Waals surface area contributed by atoms with E-state index in [4.69, 9.17) is 0 Å². The van der Waals surface area contributed by atoms with E-state index in [1.165, 1.54) is 6.07 Å². The fourth-order valence-electron chi connectivity index (χ4n) is 4.54. The number of hydrogen-bond acceptors (Lipinski definition) is 5. The Morgan fingerprint density at radius 3 is 2.79 bits per heavy atom. The number of halogens is 2. The fourth-order valence-corrected chi connectivity index (χ4v) is 4.54. The summed E-state index contributed by atoms with van der Waals surface area (Å²) in [7, 11) is 1.81. The smallest absolute Gasteiger partial charge is 0.271 e. The van der Waals surface area contributed by atoms with Crippen LogP contribution in [0.4, 0.5) is 14.6 Å². The van der Waals surface area contributed by atoms with Crippen LogP contribution in [0, 0.1) is 18.6 Å². The molecule has 34 heavy (non-hydrogen) atoms. The number of fused-ring (bicyclic) bond motifs is 1. The van der Waals surface area contributed by atoms with E-state index in [0.29, 0.717) is 34.4 Å². The van der Waals surface area contributed by atoms with Crippen molar-refractivity contribution in [2.45, 2.75) is 44.7 Å². The number of carbonyl (C=O) groups excluding carboxylic acids is 1.